The topological polar surface area (TPSA) is 79.5 Å². The number of fused-ring (bicyclic) bond motifs is 1. The zero-order valence-electron chi connectivity index (χ0n) is 12.4. The van der Waals surface area contributed by atoms with Gasteiger partial charge < -0.3 is 14.3 Å². The van der Waals surface area contributed by atoms with Crippen LogP contribution in [0.3, 0.4) is 0 Å². The summed E-state index contributed by atoms with van der Waals surface area (Å²) in [6.07, 6.45) is 1.19. The Morgan fingerprint density at radius 3 is 2.86 bits per heavy atom. The first-order chi connectivity index (χ1) is 10.6. The standard InChI is InChI=1S/C15H16N4O3/c1-18(2)15(21)14-16-12(17-22-14)9-19-11-6-4-3-5-10(11)7-8-13(19)20/h3-6H,7-9H2,1-2H3. The smallest absolute Gasteiger partial charge is 0.316 e. The third-order valence-corrected chi connectivity index (χ3v) is 3.55. The van der Waals surface area contributed by atoms with Gasteiger partial charge in [0.1, 0.15) is 0 Å². The quantitative estimate of drug-likeness (QED) is 0.852. The number of nitrogens with zero attached hydrogens (tertiary/aromatic N) is 4. The van der Waals surface area contributed by atoms with Crippen molar-refractivity contribution in [2.45, 2.75) is 19.4 Å². The molecule has 0 N–H and O–H groups in total. The van der Waals surface area contributed by atoms with Crippen LogP contribution in [0.1, 0.15) is 28.5 Å². The minimum absolute atomic E-state index is 0.0176. The second-order valence-corrected chi connectivity index (χ2v) is 5.32. The number of benzene rings is 1. The zero-order valence-corrected chi connectivity index (χ0v) is 12.4. The first kappa shape index (κ1) is 14.2. The summed E-state index contributed by atoms with van der Waals surface area (Å²) in [5.74, 6) is -0.0962. The summed E-state index contributed by atoms with van der Waals surface area (Å²) in [4.78, 5) is 31.0. The van der Waals surface area contributed by atoms with Crippen molar-refractivity contribution >= 4 is 17.5 Å². The lowest BCUT2D eigenvalue weighted by Gasteiger charge is -2.28. The SMILES string of the molecule is CN(C)C(=O)c1nc(CN2C(=O)CCc3ccccc32)no1. The van der Waals surface area contributed by atoms with Gasteiger partial charge in [-0.15, -0.1) is 0 Å². The van der Waals surface area contributed by atoms with Gasteiger partial charge in [-0.1, -0.05) is 23.4 Å². The van der Waals surface area contributed by atoms with E-state index in [-0.39, 0.29) is 24.2 Å². The fourth-order valence-corrected chi connectivity index (χ4v) is 2.41. The van der Waals surface area contributed by atoms with Gasteiger partial charge in [-0.05, 0) is 18.1 Å². The van der Waals surface area contributed by atoms with E-state index in [0.29, 0.717) is 12.2 Å². The molecular weight excluding hydrogens is 284 g/mol. The minimum atomic E-state index is -0.357. The molecule has 1 aromatic heterocycles. The van der Waals surface area contributed by atoms with E-state index in [1.54, 1.807) is 19.0 Å². The van der Waals surface area contributed by atoms with Crippen molar-refractivity contribution in [3.63, 3.8) is 0 Å². The average Bonchev–Trinajstić information content (AvgIpc) is 2.98. The number of amides is 2. The van der Waals surface area contributed by atoms with Crippen molar-refractivity contribution in [1.29, 1.82) is 0 Å². The lowest BCUT2D eigenvalue weighted by molar-refractivity contribution is -0.119. The lowest BCUT2D eigenvalue weighted by Crippen LogP contribution is -2.34. The summed E-state index contributed by atoms with van der Waals surface area (Å²) >= 11 is 0. The van der Waals surface area contributed by atoms with Crippen molar-refractivity contribution in [3.05, 3.63) is 41.5 Å². The predicted octanol–water partition coefficient (Wildman–Crippen LogP) is 1.25. The van der Waals surface area contributed by atoms with E-state index < -0.39 is 0 Å². The molecule has 0 radical (unpaired) electrons. The van der Waals surface area contributed by atoms with Gasteiger partial charge in [-0.3, -0.25) is 9.59 Å². The highest BCUT2D eigenvalue weighted by atomic mass is 16.5. The number of aryl methyl sites for hydroxylation is 1. The highest BCUT2D eigenvalue weighted by molar-refractivity contribution is 5.96. The molecule has 0 atom stereocenters. The molecule has 0 bridgehead atoms. The third-order valence-electron chi connectivity index (χ3n) is 3.55. The first-order valence-electron chi connectivity index (χ1n) is 6.99. The molecule has 0 aliphatic carbocycles. The van der Waals surface area contributed by atoms with Crippen LogP contribution in [0.5, 0.6) is 0 Å². The Hall–Kier alpha value is -2.70. The normalized spacial score (nSPS) is 13.9. The van der Waals surface area contributed by atoms with Crippen LogP contribution >= 0.6 is 0 Å². The lowest BCUT2D eigenvalue weighted by atomic mass is 10.0. The van der Waals surface area contributed by atoms with Crippen LogP contribution in [-0.4, -0.2) is 41.0 Å². The van der Waals surface area contributed by atoms with E-state index in [4.69, 9.17) is 4.52 Å². The highest BCUT2D eigenvalue weighted by Gasteiger charge is 2.26. The Morgan fingerprint density at radius 2 is 2.09 bits per heavy atom. The number of aromatic nitrogens is 2. The molecule has 1 aromatic carbocycles. The zero-order chi connectivity index (χ0) is 15.7. The van der Waals surface area contributed by atoms with Gasteiger partial charge in [0.05, 0.1) is 6.54 Å². The van der Waals surface area contributed by atoms with Gasteiger partial charge in [0.15, 0.2) is 5.82 Å². The summed E-state index contributed by atoms with van der Waals surface area (Å²) in [6.45, 7) is 0.194. The van der Waals surface area contributed by atoms with Crippen LogP contribution in [-0.2, 0) is 17.8 Å². The molecule has 7 heteroatoms. The Bertz CT molecular complexity index is 723. The number of anilines is 1. The maximum absolute atomic E-state index is 12.2. The number of para-hydroxylation sites is 1. The molecule has 114 valence electrons. The second-order valence-electron chi connectivity index (χ2n) is 5.32. The van der Waals surface area contributed by atoms with E-state index in [9.17, 15) is 9.59 Å². The first-order valence-corrected chi connectivity index (χ1v) is 6.99. The van der Waals surface area contributed by atoms with Gasteiger partial charge in [-0.25, -0.2) is 0 Å². The number of hydrogen-bond donors (Lipinski definition) is 0. The van der Waals surface area contributed by atoms with Crippen molar-refractivity contribution in [1.82, 2.24) is 15.0 Å². The van der Waals surface area contributed by atoms with Crippen molar-refractivity contribution < 1.29 is 14.1 Å². The van der Waals surface area contributed by atoms with Gasteiger partial charge in [0, 0.05) is 26.2 Å². The fourth-order valence-electron chi connectivity index (χ4n) is 2.41. The van der Waals surface area contributed by atoms with Crippen LogP contribution in [0.2, 0.25) is 0 Å². The maximum atomic E-state index is 12.2. The number of carbonyl (C=O) groups excluding carboxylic acids is 2. The molecule has 1 aliphatic rings. The molecule has 2 amide bonds. The monoisotopic (exact) mass is 300 g/mol. The van der Waals surface area contributed by atoms with Gasteiger partial charge in [0.2, 0.25) is 5.91 Å². The second kappa shape index (κ2) is 5.59. The summed E-state index contributed by atoms with van der Waals surface area (Å²) in [5, 5.41) is 3.79. The van der Waals surface area contributed by atoms with Crippen molar-refractivity contribution in [2.75, 3.05) is 19.0 Å². The van der Waals surface area contributed by atoms with E-state index in [1.807, 2.05) is 24.3 Å². The van der Waals surface area contributed by atoms with Crippen LogP contribution in [0.4, 0.5) is 5.69 Å². The van der Waals surface area contributed by atoms with Crippen LogP contribution in [0.25, 0.3) is 0 Å². The predicted molar refractivity (Wildman–Crippen MR) is 78.3 cm³/mol. The molecule has 22 heavy (non-hydrogen) atoms. The molecular formula is C15H16N4O3. The molecule has 0 unspecified atom stereocenters. The maximum Gasteiger partial charge on any atom is 0.316 e. The number of rotatable bonds is 3. The molecule has 2 aromatic rings. The summed E-state index contributed by atoms with van der Waals surface area (Å²) in [6, 6.07) is 7.75. The molecule has 7 nitrogen and oxygen atoms in total. The van der Waals surface area contributed by atoms with E-state index >= 15 is 0 Å². The summed E-state index contributed by atoms with van der Waals surface area (Å²) < 4.78 is 4.96. The van der Waals surface area contributed by atoms with E-state index in [0.717, 1.165) is 17.7 Å². The molecule has 0 spiro atoms. The van der Waals surface area contributed by atoms with Gasteiger partial charge in [-0.2, -0.15) is 4.98 Å². The molecule has 0 saturated carbocycles. The van der Waals surface area contributed by atoms with Crippen LogP contribution in [0.15, 0.2) is 28.8 Å². The fraction of sp³-hybridized carbons (Fsp3) is 0.333. The summed E-state index contributed by atoms with van der Waals surface area (Å²) in [5.41, 5.74) is 1.99. The van der Waals surface area contributed by atoms with Crippen molar-refractivity contribution in [3.8, 4) is 0 Å². The molecule has 3 rings (SSSR count). The van der Waals surface area contributed by atoms with Crippen molar-refractivity contribution in [2.24, 2.45) is 0 Å². The van der Waals surface area contributed by atoms with Gasteiger partial charge >= 0.3 is 11.8 Å². The molecule has 0 saturated heterocycles. The van der Waals surface area contributed by atoms with Gasteiger partial charge in [0.25, 0.3) is 0 Å². The number of carbonyl (C=O) groups is 2. The molecule has 0 fully saturated rings. The summed E-state index contributed by atoms with van der Waals surface area (Å²) in [7, 11) is 3.22. The van der Waals surface area contributed by atoms with Crippen LogP contribution in [0, 0.1) is 0 Å². The Balaban J connectivity index is 1.84. The third kappa shape index (κ3) is 2.57. The Kier molecular flexibility index (Phi) is 3.62. The van der Waals surface area contributed by atoms with Crippen LogP contribution < -0.4 is 4.90 Å². The Labute approximate surface area is 127 Å². The molecule has 1 aliphatic heterocycles. The highest BCUT2D eigenvalue weighted by Crippen LogP contribution is 2.28. The van der Waals surface area contributed by atoms with E-state index in [2.05, 4.69) is 10.1 Å². The average molecular weight is 300 g/mol. The minimum Gasteiger partial charge on any atom is -0.341 e. The number of hydrogen-bond acceptors (Lipinski definition) is 5. The Morgan fingerprint density at radius 1 is 1.32 bits per heavy atom. The largest absolute Gasteiger partial charge is 0.341 e. The molecule has 2 heterocycles. The van der Waals surface area contributed by atoms with E-state index in [1.165, 1.54) is 4.90 Å².